The molecule has 0 aromatic heterocycles. The van der Waals surface area contributed by atoms with Crippen molar-refractivity contribution in [2.75, 3.05) is 6.54 Å². The quantitative estimate of drug-likeness (QED) is 0.872. The molecule has 0 unspecified atom stereocenters. The van der Waals surface area contributed by atoms with E-state index < -0.39 is 0 Å². The van der Waals surface area contributed by atoms with Gasteiger partial charge in [0.25, 0.3) is 0 Å². The average Bonchev–Trinajstić information content (AvgIpc) is 2.46. The molecule has 98 valence electrons. The summed E-state index contributed by atoms with van der Waals surface area (Å²) in [4.78, 5) is 14.0. The van der Waals surface area contributed by atoms with Gasteiger partial charge in [-0.05, 0) is 18.9 Å². The number of benzene rings is 1. The summed E-state index contributed by atoms with van der Waals surface area (Å²) in [6, 6.07) is 7.26. The monoisotopic (exact) mass is 247 g/mol. The molecule has 1 aliphatic heterocycles. The average molecular weight is 247 g/mol. The van der Waals surface area contributed by atoms with Crippen LogP contribution in [0.2, 0.25) is 0 Å². The van der Waals surface area contributed by atoms with Gasteiger partial charge in [0.2, 0.25) is 5.91 Å². The third-order valence-corrected chi connectivity index (χ3v) is 3.52. The molecule has 1 aromatic rings. The fraction of sp³-hybridized carbons (Fsp3) is 0.533. The van der Waals surface area contributed by atoms with Gasteiger partial charge in [-0.15, -0.1) is 0 Å². The molecule has 0 saturated carbocycles. The predicted octanol–water partition coefficient (Wildman–Crippen LogP) is 3.08. The van der Waals surface area contributed by atoms with Crippen molar-refractivity contribution >= 4 is 5.91 Å². The largest absolute Gasteiger partial charge is 0.508 e. The van der Waals surface area contributed by atoms with E-state index in [4.69, 9.17) is 0 Å². The summed E-state index contributed by atoms with van der Waals surface area (Å²) in [6.07, 6.45) is 6.31. The Bertz CT molecular complexity index is 403. The zero-order chi connectivity index (χ0) is 12.8. The summed E-state index contributed by atoms with van der Waals surface area (Å²) in [5.41, 5.74) is 0.838. The minimum Gasteiger partial charge on any atom is -0.508 e. The molecule has 1 heterocycles. The molecule has 0 radical (unpaired) electrons. The van der Waals surface area contributed by atoms with Gasteiger partial charge in [-0.25, -0.2) is 0 Å². The first-order chi connectivity index (χ1) is 8.77. The summed E-state index contributed by atoms with van der Waals surface area (Å²) in [7, 11) is 0. The summed E-state index contributed by atoms with van der Waals surface area (Å²) >= 11 is 0. The van der Waals surface area contributed by atoms with Gasteiger partial charge in [0, 0.05) is 25.1 Å². The Balaban J connectivity index is 2.04. The molecule has 0 atom stereocenters. The van der Waals surface area contributed by atoms with E-state index in [1.807, 2.05) is 17.0 Å². The molecule has 0 spiro atoms. The Morgan fingerprint density at radius 1 is 1.06 bits per heavy atom. The molecule has 18 heavy (non-hydrogen) atoms. The number of phenols is 1. The van der Waals surface area contributed by atoms with E-state index in [0.29, 0.717) is 13.0 Å². The number of carbonyl (C=O) groups is 1. The van der Waals surface area contributed by atoms with E-state index in [9.17, 15) is 9.90 Å². The summed E-state index contributed by atoms with van der Waals surface area (Å²) in [5.74, 6) is 0.505. The SMILES string of the molecule is O=C1CCCCCCCN1Cc1ccccc1O. The Morgan fingerprint density at radius 3 is 2.61 bits per heavy atom. The first kappa shape index (κ1) is 12.9. The van der Waals surface area contributed by atoms with E-state index in [-0.39, 0.29) is 11.7 Å². The molecule has 1 aromatic carbocycles. The molecule has 2 rings (SSSR count). The minimum atomic E-state index is 0.222. The van der Waals surface area contributed by atoms with Crippen molar-refractivity contribution in [1.82, 2.24) is 4.90 Å². The van der Waals surface area contributed by atoms with Crippen LogP contribution in [0.1, 0.15) is 44.1 Å². The van der Waals surface area contributed by atoms with Gasteiger partial charge in [-0.1, -0.05) is 37.5 Å². The highest BCUT2D eigenvalue weighted by Crippen LogP contribution is 2.20. The van der Waals surface area contributed by atoms with Crippen LogP contribution in [0.25, 0.3) is 0 Å². The van der Waals surface area contributed by atoms with Crippen LogP contribution < -0.4 is 0 Å². The zero-order valence-electron chi connectivity index (χ0n) is 10.8. The van der Waals surface area contributed by atoms with Crippen molar-refractivity contribution in [3.63, 3.8) is 0 Å². The number of amides is 1. The molecule has 0 bridgehead atoms. The van der Waals surface area contributed by atoms with E-state index in [2.05, 4.69) is 0 Å². The standard InChI is InChI=1S/C15H21NO2/c17-14-9-6-5-8-13(14)12-16-11-7-3-1-2-4-10-15(16)18/h5-6,8-9,17H,1-4,7,10-12H2. The van der Waals surface area contributed by atoms with Crippen LogP contribution in [0.15, 0.2) is 24.3 Å². The maximum Gasteiger partial charge on any atom is 0.222 e. The van der Waals surface area contributed by atoms with Gasteiger partial charge in [0.05, 0.1) is 0 Å². The second-order valence-corrected chi connectivity index (χ2v) is 4.96. The summed E-state index contributed by atoms with van der Waals surface area (Å²) < 4.78 is 0. The van der Waals surface area contributed by atoms with E-state index in [1.54, 1.807) is 12.1 Å². The normalized spacial score (nSPS) is 18.0. The van der Waals surface area contributed by atoms with Crippen LogP contribution in [0.5, 0.6) is 5.75 Å². The number of para-hydroxylation sites is 1. The third-order valence-electron chi connectivity index (χ3n) is 3.52. The fourth-order valence-electron chi connectivity index (χ4n) is 2.41. The first-order valence-corrected chi connectivity index (χ1v) is 6.82. The highest BCUT2D eigenvalue weighted by molar-refractivity contribution is 5.76. The Hall–Kier alpha value is -1.51. The van der Waals surface area contributed by atoms with Gasteiger partial charge in [0.15, 0.2) is 0 Å². The summed E-state index contributed by atoms with van der Waals surface area (Å²) in [5, 5.41) is 9.77. The second kappa shape index (κ2) is 6.43. The van der Waals surface area contributed by atoms with Crippen molar-refractivity contribution in [3.05, 3.63) is 29.8 Å². The molecule has 1 aliphatic rings. The van der Waals surface area contributed by atoms with Crippen LogP contribution in [0, 0.1) is 0 Å². The van der Waals surface area contributed by atoms with Crippen LogP contribution >= 0.6 is 0 Å². The van der Waals surface area contributed by atoms with Gasteiger partial charge in [-0.2, -0.15) is 0 Å². The van der Waals surface area contributed by atoms with Crippen molar-refractivity contribution < 1.29 is 9.90 Å². The lowest BCUT2D eigenvalue weighted by atomic mass is 10.1. The van der Waals surface area contributed by atoms with Gasteiger partial charge >= 0.3 is 0 Å². The van der Waals surface area contributed by atoms with Crippen molar-refractivity contribution in [2.24, 2.45) is 0 Å². The highest BCUT2D eigenvalue weighted by atomic mass is 16.3. The van der Waals surface area contributed by atoms with Gasteiger partial charge < -0.3 is 10.0 Å². The van der Waals surface area contributed by atoms with E-state index >= 15 is 0 Å². The van der Waals surface area contributed by atoms with Crippen LogP contribution in [0.4, 0.5) is 0 Å². The maximum atomic E-state index is 12.1. The third kappa shape index (κ3) is 3.49. The number of carbonyl (C=O) groups excluding carboxylic acids is 1. The Labute approximate surface area is 108 Å². The lowest BCUT2D eigenvalue weighted by Gasteiger charge is -2.22. The zero-order valence-corrected chi connectivity index (χ0v) is 10.8. The lowest BCUT2D eigenvalue weighted by Crippen LogP contribution is -2.31. The van der Waals surface area contributed by atoms with Gasteiger partial charge in [-0.3, -0.25) is 4.79 Å². The van der Waals surface area contributed by atoms with Crippen LogP contribution in [0.3, 0.4) is 0 Å². The molecule has 1 saturated heterocycles. The fourth-order valence-corrected chi connectivity index (χ4v) is 2.41. The van der Waals surface area contributed by atoms with Crippen molar-refractivity contribution in [2.45, 2.75) is 45.1 Å². The molecular weight excluding hydrogens is 226 g/mol. The molecule has 3 nitrogen and oxygen atoms in total. The Kier molecular flexibility index (Phi) is 4.62. The highest BCUT2D eigenvalue weighted by Gasteiger charge is 2.16. The summed E-state index contributed by atoms with van der Waals surface area (Å²) in [6.45, 7) is 1.35. The molecule has 0 aliphatic carbocycles. The molecule has 1 N–H and O–H groups in total. The number of hydrogen-bond donors (Lipinski definition) is 1. The Morgan fingerprint density at radius 2 is 1.78 bits per heavy atom. The van der Waals surface area contributed by atoms with Crippen LogP contribution in [-0.2, 0) is 11.3 Å². The van der Waals surface area contributed by atoms with Crippen molar-refractivity contribution in [3.8, 4) is 5.75 Å². The minimum absolute atomic E-state index is 0.222. The second-order valence-electron chi connectivity index (χ2n) is 4.96. The van der Waals surface area contributed by atoms with E-state index in [0.717, 1.165) is 31.4 Å². The number of nitrogens with zero attached hydrogens (tertiary/aromatic N) is 1. The predicted molar refractivity (Wildman–Crippen MR) is 71.2 cm³/mol. The lowest BCUT2D eigenvalue weighted by molar-refractivity contribution is -0.131. The van der Waals surface area contributed by atoms with E-state index in [1.165, 1.54) is 12.8 Å². The number of aromatic hydroxyl groups is 1. The number of rotatable bonds is 2. The molecule has 1 amide bonds. The van der Waals surface area contributed by atoms with Crippen molar-refractivity contribution in [1.29, 1.82) is 0 Å². The smallest absolute Gasteiger partial charge is 0.222 e. The number of phenolic OH excluding ortho intramolecular Hbond substituents is 1. The maximum absolute atomic E-state index is 12.1. The number of hydrogen-bond acceptors (Lipinski definition) is 2. The van der Waals surface area contributed by atoms with Gasteiger partial charge in [0.1, 0.15) is 5.75 Å². The molecule has 3 heteroatoms. The first-order valence-electron chi connectivity index (χ1n) is 6.82. The topological polar surface area (TPSA) is 40.5 Å². The molecular formula is C15H21NO2. The van der Waals surface area contributed by atoms with Crippen LogP contribution in [-0.4, -0.2) is 22.5 Å². The molecule has 1 fully saturated rings.